The summed E-state index contributed by atoms with van der Waals surface area (Å²) in [5, 5.41) is 0. The number of quaternary nitrogens is 1. The Labute approximate surface area is 247 Å². The normalized spacial score (nSPS) is 30.8. The Hall–Kier alpha value is -1.16. The molecule has 0 aliphatic heterocycles. The lowest BCUT2D eigenvalue weighted by Crippen LogP contribution is -2.69. The van der Waals surface area contributed by atoms with Crippen LogP contribution in [0.25, 0.3) is 5.57 Å². The highest BCUT2D eigenvalue weighted by molar-refractivity contribution is 6.76. The fourth-order valence-corrected chi connectivity index (χ4v) is 15.7. The molecule has 0 saturated heterocycles. The Balaban J connectivity index is 1.41. The summed E-state index contributed by atoms with van der Waals surface area (Å²) in [6.07, 6.45) is 18.0. The zero-order valence-electron chi connectivity index (χ0n) is 27.9. The standard InChI is InChI=1S/C37H59N2Si/c1-35(2)19-20-36(3,4)33-24-31-29(23-32(33)35)28-21-25-17-18-34(27(25)22-30(28)37(31,5)6)40(10,11)38(39(7,8)9)26-15-13-12-14-16-26/h21-27,34H,12-20H2,1-11H3/q+1. The highest BCUT2D eigenvalue weighted by atomic mass is 28.3. The van der Waals surface area contributed by atoms with Crippen LogP contribution in [0.2, 0.25) is 18.6 Å². The molecule has 0 heterocycles. The summed E-state index contributed by atoms with van der Waals surface area (Å²) in [7, 11) is 5.63. The summed E-state index contributed by atoms with van der Waals surface area (Å²) < 4.78 is 4.08. The van der Waals surface area contributed by atoms with E-state index in [-0.39, 0.29) is 16.2 Å². The maximum atomic E-state index is 3.07. The van der Waals surface area contributed by atoms with Crippen LogP contribution in [0, 0.1) is 11.8 Å². The van der Waals surface area contributed by atoms with E-state index in [1.54, 1.807) is 33.4 Å². The predicted molar refractivity (Wildman–Crippen MR) is 175 cm³/mol. The lowest BCUT2D eigenvalue weighted by Gasteiger charge is -2.53. The third-order valence-corrected chi connectivity index (χ3v) is 17.1. The molecule has 6 rings (SSSR count). The van der Waals surface area contributed by atoms with E-state index >= 15 is 0 Å². The molecular weight excluding hydrogens is 501 g/mol. The molecule has 5 aliphatic carbocycles. The van der Waals surface area contributed by atoms with Crippen molar-refractivity contribution in [1.82, 2.24) is 4.67 Å². The van der Waals surface area contributed by atoms with Crippen LogP contribution in [-0.2, 0) is 16.2 Å². The summed E-state index contributed by atoms with van der Waals surface area (Å²) in [4.78, 5) is 0. The van der Waals surface area contributed by atoms with Gasteiger partial charge in [0.2, 0.25) is 0 Å². The molecule has 2 nitrogen and oxygen atoms in total. The van der Waals surface area contributed by atoms with Gasteiger partial charge in [0, 0.05) is 11.5 Å². The number of hydrogen-bond acceptors (Lipinski definition) is 1. The molecule has 2 saturated carbocycles. The van der Waals surface area contributed by atoms with Crippen LogP contribution >= 0.6 is 0 Å². The van der Waals surface area contributed by atoms with E-state index in [1.165, 1.54) is 57.8 Å². The van der Waals surface area contributed by atoms with Crippen molar-refractivity contribution in [2.75, 3.05) is 21.1 Å². The minimum Gasteiger partial charge on any atom is -0.258 e. The molecule has 0 aromatic heterocycles. The second-order valence-corrected chi connectivity index (χ2v) is 22.2. The molecule has 220 valence electrons. The lowest BCUT2D eigenvalue weighted by molar-refractivity contribution is -0.975. The molecule has 3 unspecified atom stereocenters. The first-order chi connectivity index (χ1) is 18.5. The second-order valence-electron chi connectivity index (χ2n) is 17.7. The van der Waals surface area contributed by atoms with Gasteiger partial charge in [-0.3, -0.25) is 4.59 Å². The zero-order valence-corrected chi connectivity index (χ0v) is 28.9. The highest BCUT2D eigenvalue weighted by Crippen LogP contribution is 2.60. The predicted octanol–water partition coefficient (Wildman–Crippen LogP) is 9.51. The molecule has 0 radical (unpaired) electrons. The van der Waals surface area contributed by atoms with Crippen molar-refractivity contribution in [2.24, 2.45) is 11.8 Å². The highest BCUT2D eigenvalue weighted by Gasteiger charge is 2.55. The van der Waals surface area contributed by atoms with Crippen molar-refractivity contribution in [1.29, 1.82) is 0 Å². The average Bonchev–Trinajstić information content (AvgIpc) is 3.37. The topological polar surface area (TPSA) is 3.24 Å². The van der Waals surface area contributed by atoms with Crippen LogP contribution in [0.3, 0.4) is 0 Å². The summed E-state index contributed by atoms with van der Waals surface area (Å²) in [6, 6.07) is 6.09. The summed E-state index contributed by atoms with van der Waals surface area (Å²) >= 11 is 0. The molecule has 0 amide bonds. The van der Waals surface area contributed by atoms with Crippen LogP contribution in [0.4, 0.5) is 0 Å². The SMILES string of the molecule is CC1(C)CCC(C)(C)c2cc3c(cc21)C1=CC2CCC([Si](C)(C)N(C4CCCCC4)[N+](C)(C)C)C2C=C1C3(C)C. The van der Waals surface area contributed by atoms with E-state index in [0.717, 1.165) is 16.2 Å². The summed E-state index contributed by atoms with van der Waals surface area (Å²) in [5.41, 5.74) is 11.1. The summed E-state index contributed by atoms with van der Waals surface area (Å²) in [6.45, 7) is 20.5. The zero-order chi connectivity index (χ0) is 29.0. The van der Waals surface area contributed by atoms with Crippen LogP contribution in [0.5, 0.6) is 0 Å². The van der Waals surface area contributed by atoms with Gasteiger partial charge in [-0.15, -0.1) is 0 Å². The van der Waals surface area contributed by atoms with Gasteiger partial charge < -0.3 is 0 Å². The number of fused-ring (bicyclic) bond motifs is 5. The van der Waals surface area contributed by atoms with Gasteiger partial charge in [0.15, 0.2) is 8.24 Å². The minimum absolute atomic E-state index is 0.0841. The Morgan fingerprint density at radius 3 is 1.95 bits per heavy atom. The second kappa shape index (κ2) is 9.17. The summed E-state index contributed by atoms with van der Waals surface area (Å²) in [5.74, 6) is 1.41. The van der Waals surface area contributed by atoms with Gasteiger partial charge in [0.1, 0.15) is 0 Å². The number of allylic oxidation sites excluding steroid dienone is 4. The van der Waals surface area contributed by atoms with Crippen LogP contribution in [0.15, 0.2) is 29.9 Å². The fourth-order valence-electron chi connectivity index (χ4n) is 10.4. The van der Waals surface area contributed by atoms with Gasteiger partial charge in [-0.2, -0.15) is 4.67 Å². The van der Waals surface area contributed by atoms with E-state index < -0.39 is 8.24 Å². The van der Waals surface area contributed by atoms with Crippen LogP contribution in [-0.4, -0.2) is 44.7 Å². The van der Waals surface area contributed by atoms with Gasteiger partial charge in [-0.05, 0) is 93.7 Å². The maximum Gasteiger partial charge on any atom is 0.190 e. The Kier molecular flexibility index (Phi) is 6.63. The molecule has 1 aromatic rings. The molecule has 3 heteroatoms. The quantitative estimate of drug-likeness (QED) is 0.202. The lowest BCUT2D eigenvalue weighted by atomic mass is 9.62. The van der Waals surface area contributed by atoms with Gasteiger partial charge in [0.25, 0.3) is 0 Å². The van der Waals surface area contributed by atoms with Crippen molar-refractivity contribution < 1.29 is 4.59 Å². The van der Waals surface area contributed by atoms with Crippen molar-refractivity contribution >= 4 is 13.8 Å². The molecular formula is C37H59N2Si+. The van der Waals surface area contributed by atoms with Gasteiger partial charge in [-0.1, -0.05) is 105 Å². The first-order valence-electron chi connectivity index (χ1n) is 16.7. The molecule has 3 atom stereocenters. The van der Waals surface area contributed by atoms with Crippen molar-refractivity contribution in [3.8, 4) is 0 Å². The van der Waals surface area contributed by atoms with Crippen LogP contribution in [0.1, 0.15) is 122 Å². The first-order valence-corrected chi connectivity index (χ1v) is 19.7. The molecule has 0 spiro atoms. The average molecular weight is 560 g/mol. The largest absolute Gasteiger partial charge is 0.258 e. The number of benzene rings is 1. The number of hydrogen-bond donors (Lipinski definition) is 0. The monoisotopic (exact) mass is 559 g/mol. The Bertz CT molecular complexity index is 1250. The van der Waals surface area contributed by atoms with E-state index in [4.69, 9.17) is 0 Å². The molecule has 1 aromatic carbocycles. The van der Waals surface area contributed by atoms with Gasteiger partial charge in [0.05, 0.1) is 21.1 Å². The number of rotatable bonds is 4. The minimum atomic E-state index is -1.73. The van der Waals surface area contributed by atoms with Crippen molar-refractivity contribution in [3.63, 3.8) is 0 Å². The molecule has 2 fully saturated rings. The van der Waals surface area contributed by atoms with Crippen LogP contribution < -0.4 is 0 Å². The fraction of sp³-hybridized carbons (Fsp3) is 0.730. The van der Waals surface area contributed by atoms with Crippen molar-refractivity contribution in [3.05, 3.63) is 52.1 Å². The van der Waals surface area contributed by atoms with E-state index in [2.05, 4.69) is 105 Å². The third kappa shape index (κ3) is 4.30. The Morgan fingerprint density at radius 1 is 0.750 bits per heavy atom. The smallest absolute Gasteiger partial charge is 0.190 e. The maximum absolute atomic E-state index is 3.07. The van der Waals surface area contributed by atoms with E-state index in [0.29, 0.717) is 11.8 Å². The molecule has 40 heavy (non-hydrogen) atoms. The first kappa shape index (κ1) is 28.9. The molecule has 0 bridgehead atoms. The van der Waals surface area contributed by atoms with Gasteiger partial charge >= 0.3 is 0 Å². The van der Waals surface area contributed by atoms with Crippen molar-refractivity contribution in [2.45, 2.75) is 140 Å². The number of nitrogens with zero attached hydrogens (tertiary/aromatic N) is 2. The molecule has 5 aliphatic rings. The van der Waals surface area contributed by atoms with Gasteiger partial charge in [-0.25, -0.2) is 0 Å². The third-order valence-electron chi connectivity index (χ3n) is 12.5. The van der Waals surface area contributed by atoms with E-state index in [9.17, 15) is 0 Å². The molecule has 0 N–H and O–H groups in total. The Morgan fingerprint density at radius 2 is 1.35 bits per heavy atom. The van der Waals surface area contributed by atoms with E-state index in [1.807, 2.05) is 0 Å².